The third-order valence-electron chi connectivity index (χ3n) is 4.19. The van der Waals surface area contributed by atoms with Crippen LogP contribution in [0.5, 0.6) is 5.75 Å². The summed E-state index contributed by atoms with van der Waals surface area (Å²) in [4.78, 5) is 12.6. The van der Waals surface area contributed by atoms with Crippen molar-refractivity contribution in [3.8, 4) is 5.75 Å². The average Bonchev–Trinajstić information content (AvgIpc) is 3.35. The van der Waals surface area contributed by atoms with Crippen molar-refractivity contribution in [1.29, 1.82) is 0 Å². The van der Waals surface area contributed by atoms with Crippen molar-refractivity contribution < 1.29 is 9.53 Å². The molecule has 0 aliphatic carbocycles. The van der Waals surface area contributed by atoms with Gasteiger partial charge < -0.3 is 10.1 Å². The average molecular weight is 487 g/mol. The Morgan fingerprint density at radius 2 is 1.90 bits per heavy atom. The van der Waals surface area contributed by atoms with Crippen molar-refractivity contribution in [2.24, 2.45) is 0 Å². The fourth-order valence-corrected chi connectivity index (χ4v) is 3.33. The minimum absolute atomic E-state index is 0.200. The van der Waals surface area contributed by atoms with Gasteiger partial charge in [-0.25, -0.2) is 4.68 Å². The minimum Gasteiger partial charge on any atom is -0.471 e. The highest BCUT2D eigenvalue weighted by molar-refractivity contribution is 9.10. The van der Waals surface area contributed by atoms with Crippen molar-refractivity contribution in [3.05, 3.63) is 93.9 Å². The second-order valence-electron chi connectivity index (χ2n) is 6.51. The number of aromatic nitrogens is 4. The van der Waals surface area contributed by atoms with Crippen LogP contribution >= 0.6 is 27.5 Å². The zero-order chi connectivity index (χ0) is 20.9. The Balaban J connectivity index is 1.36. The van der Waals surface area contributed by atoms with Crippen LogP contribution in [0.15, 0.2) is 77.8 Å². The predicted octanol–water partition coefficient (Wildman–Crippen LogP) is 4.83. The van der Waals surface area contributed by atoms with Crippen LogP contribution in [-0.2, 0) is 13.3 Å². The lowest BCUT2D eigenvalue weighted by Gasteiger charge is -2.07. The second kappa shape index (κ2) is 9.15. The van der Waals surface area contributed by atoms with Crippen LogP contribution < -0.4 is 10.1 Å². The third kappa shape index (κ3) is 5.28. The monoisotopic (exact) mass is 485 g/mol. The van der Waals surface area contributed by atoms with Gasteiger partial charge in [0.15, 0.2) is 6.73 Å². The number of anilines is 1. The maximum Gasteiger partial charge on any atom is 0.255 e. The number of hydrogen-bond donors (Lipinski definition) is 1. The molecule has 1 N–H and O–H groups in total. The van der Waals surface area contributed by atoms with E-state index in [4.69, 9.17) is 16.3 Å². The SMILES string of the molecule is O=C(Nc1cnn(COc2cccc(Cl)c2)c1)c1cccc(Cn2cc(Br)cn2)c1. The van der Waals surface area contributed by atoms with E-state index in [0.29, 0.717) is 28.6 Å². The third-order valence-corrected chi connectivity index (χ3v) is 4.83. The van der Waals surface area contributed by atoms with Crippen molar-refractivity contribution in [2.45, 2.75) is 13.3 Å². The van der Waals surface area contributed by atoms with E-state index in [1.807, 2.05) is 36.5 Å². The van der Waals surface area contributed by atoms with Gasteiger partial charge in [-0.15, -0.1) is 0 Å². The number of carbonyl (C=O) groups is 1. The van der Waals surface area contributed by atoms with E-state index >= 15 is 0 Å². The molecule has 0 atom stereocenters. The standard InChI is InChI=1S/C21H17BrClN5O2/c22-17-9-24-27(12-17)11-15-3-1-4-16(7-15)21(29)26-19-10-25-28(13-19)14-30-20-6-2-5-18(23)8-20/h1-10,12-13H,11,14H2,(H,26,29). The molecular weight excluding hydrogens is 470 g/mol. The number of amides is 1. The highest BCUT2D eigenvalue weighted by atomic mass is 79.9. The van der Waals surface area contributed by atoms with E-state index in [-0.39, 0.29) is 12.6 Å². The topological polar surface area (TPSA) is 74.0 Å². The van der Waals surface area contributed by atoms with Gasteiger partial charge in [0.25, 0.3) is 5.91 Å². The van der Waals surface area contributed by atoms with E-state index in [2.05, 4.69) is 31.4 Å². The first-order valence-electron chi connectivity index (χ1n) is 9.04. The van der Waals surface area contributed by atoms with E-state index < -0.39 is 0 Å². The Bertz CT molecular complexity index is 1170. The molecule has 0 fully saturated rings. The van der Waals surface area contributed by atoms with Gasteiger partial charge >= 0.3 is 0 Å². The van der Waals surface area contributed by atoms with E-state index in [0.717, 1.165) is 10.0 Å². The molecule has 0 aliphatic rings. The molecule has 30 heavy (non-hydrogen) atoms. The smallest absolute Gasteiger partial charge is 0.255 e. The number of benzene rings is 2. The number of carbonyl (C=O) groups excluding carboxylic acids is 1. The van der Waals surface area contributed by atoms with Gasteiger partial charge in [0, 0.05) is 16.8 Å². The molecule has 9 heteroatoms. The van der Waals surface area contributed by atoms with Crippen LogP contribution in [0, 0.1) is 0 Å². The maximum atomic E-state index is 12.6. The Morgan fingerprint density at radius 3 is 2.70 bits per heavy atom. The van der Waals surface area contributed by atoms with Crippen LogP contribution in [0.1, 0.15) is 15.9 Å². The molecule has 0 bridgehead atoms. The number of hydrogen-bond acceptors (Lipinski definition) is 4. The summed E-state index contributed by atoms with van der Waals surface area (Å²) >= 11 is 9.33. The number of ether oxygens (including phenoxy) is 1. The fourth-order valence-electron chi connectivity index (χ4n) is 2.82. The first-order chi connectivity index (χ1) is 14.5. The zero-order valence-electron chi connectivity index (χ0n) is 15.7. The maximum absolute atomic E-state index is 12.6. The van der Waals surface area contributed by atoms with E-state index in [9.17, 15) is 4.79 Å². The van der Waals surface area contributed by atoms with Gasteiger partial charge in [0.05, 0.1) is 35.3 Å². The summed E-state index contributed by atoms with van der Waals surface area (Å²) in [6.07, 6.45) is 6.88. The summed E-state index contributed by atoms with van der Waals surface area (Å²) in [6.45, 7) is 0.774. The molecule has 7 nitrogen and oxygen atoms in total. The summed E-state index contributed by atoms with van der Waals surface area (Å²) in [7, 11) is 0. The molecule has 0 aliphatic heterocycles. The van der Waals surface area contributed by atoms with Crippen molar-refractivity contribution in [3.63, 3.8) is 0 Å². The highest BCUT2D eigenvalue weighted by Gasteiger charge is 2.09. The molecule has 0 spiro atoms. The zero-order valence-corrected chi connectivity index (χ0v) is 18.0. The molecule has 1 amide bonds. The van der Waals surface area contributed by atoms with Gasteiger partial charge in [0.2, 0.25) is 0 Å². The van der Waals surface area contributed by atoms with Gasteiger partial charge in [-0.2, -0.15) is 10.2 Å². The lowest BCUT2D eigenvalue weighted by Crippen LogP contribution is -2.12. The summed E-state index contributed by atoms with van der Waals surface area (Å²) in [5.74, 6) is 0.429. The molecule has 0 unspecified atom stereocenters. The first-order valence-corrected chi connectivity index (χ1v) is 10.2. The lowest BCUT2D eigenvalue weighted by atomic mass is 10.1. The number of rotatable bonds is 7. The quantitative estimate of drug-likeness (QED) is 0.406. The van der Waals surface area contributed by atoms with Gasteiger partial charge in [-0.3, -0.25) is 9.48 Å². The normalized spacial score (nSPS) is 10.7. The first kappa shape index (κ1) is 20.2. The van der Waals surface area contributed by atoms with Gasteiger partial charge in [-0.05, 0) is 51.8 Å². The Hall–Kier alpha value is -3.10. The molecular formula is C21H17BrClN5O2. The molecule has 2 aromatic carbocycles. The Morgan fingerprint density at radius 1 is 1.07 bits per heavy atom. The summed E-state index contributed by atoms with van der Waals surface area (Å²) in [6, 6.07) is 14.5. The van der Waals surface area contributed by atoms with Crippen LogP contribution in [0.3, 0.4) is 0 Å². The van der Waals surface area contributed by atoms with Crippen molar-refractivity contribution in [2.75, 3.05) is 5.32 Å². The molecule has 4 aromatic rings. The largest absolute Gasteiger partial charge is 0.471 e. The fraction of sp³-hybridized carbons (Fsp3) is 0.0952. The molecule has 0 radical (unpaired) electrons. The van der Waals surface area contributed by atoms with Crippen LogP contribution in [-0.4, -0.2) is 25.5 Å². The Kier molecular flexibility index (Phi) is 6.15. The summed E-state index contributed by atoms with van der Waals surface area (Å²) in [5.41, 5.74) is 2.11. The van der Waals surface area contributed by atoms with Crippen LogP contribution in [0.2, 0.25) is 5.02 Å². The predicted molar refractivity (Wildman–Crippen MR) is 118 cm³/mol. The second-order valence-corrected chi connectivity index (χ2v) is 7.86. The summed E-state index contributed by atoms with van der Waals surface area (Å²) in [5, 5.41) is 11.9. The molecule has 4 rings (SSSR count). The van der Waals surface area contributed by atoms with Gasteiger partial charge in [0.1, 0.15) is 5.75 Å². The molecule has 2 aromatic heterocycles. The molecule has 0 saturated carbocycles. The number of nitrogens with one attached hydrogen (secondary N) is 1. The molecule has 0 saturated heterocycles. The lowest BCUT2D eigenvalue weighted by molar-refractivity contribution is 0.102. The summed E-state index contributed by atoms with van der Waals surface area (Å²) < 4.78 is 9.93. The van der Waals surface area contributed by atoms with Crippen molar-refractivity contribution >= 4 is 39.1 Å². The van der Waals surface area contributed by atoms with Crippen LogP contribution in [0.4, 0.5) is 5.69 Å². The van der Waals surface area contributed by atoms with Crippen molar-refractivity contribution in [1.82, 2.24) is 19.6 Å². The van der Waals surface area contributed by atoms with Gasteiger partial charge in [-0.1, -0.05) is 29.8 Å². The minimum atomic E-state index is -0.214. The van der Waals surface area contributed by atoms with Crippen LogP contribution in [0.25, 0.3) is 0 Å². The van der Waals surface area contributed by atoms with E-state index in [1.165, 1.54) is 0 Å². The van der Waals surface area contributed by atoms with E-state index in [1.54, 1.807) is 46.2 Å². The number of nitrogens with zero attached hydrogens (tertiary/aromatic N) is 4. The highest BCUT2D eigenvalue weighted by Crippen LogP contribution is 2.18. The molecule has 152 valence electrons. The Labute approximate surface area is 186 Å². The number of halogens is 2. The molecule has 2 heterocycles.